The number of halogens is 1. The second-order valence-electron chi connectivity index (χ2n) is 6.36. The number of nitriles is 1. The van der Waals surface area contributed by atoms with Crippen LogP contribution in [0.5, 0.6) is 0 Å². The van der Waals surface area contributed by atoms with Gasteiger partial charge < -0.3 is 10.2 Å². The molecule has 0 atom stereocenters. The van der Waals surface area contributed by atoms with E-state index in [2.05, 4.69) is 16.3 Å². The molecule has 0 spiro atoms. The van der Waals surface area contributed by atoms with Gasteiger partial charge in [-0.1, -0.05) is 23.7 Å². The lowest BCUT2D eigenvalue weighted by atomic mass is 10.2. The number of carbonyl (C=O) groups excluding carboxylic acids is 1. The molecule has 2 aromatic carbocycles. The van der Waals surface area contributed by atoms with E-state index in [4.69, 9.17) is 16.9 Å². The van der Waals surface area contributed by atoms with E-state index in [1.807, 2.05) is 29.2 Å². The van der Waals surface area contributed by atoms with Crippen LogP contribution in [-0.2, 0) is 6.54 Å². The second-order valence-corrected chi connectivity index (χ2v) is 6.80. The van der Waals surface area contributed by atoms with E-state index in [0.717, 1.165) is 37.6 Å². The number of carbonyl (C=O) groups is 1. The van der Waals surface area contributed by atoms with E-state index in [1.165, 1.54) is 5.56 Å². The number of hydrogen-bond donors (Lipinski definition) is 1. The van der Waals surface area contributed by atoms with E-state index in [-0.39, 0.29) is 6.03 Å². The molecule has 1 saturated heterocycles. The normalized spacial score (nSPS) is 15.2. The van der Waals surface area contributed by atoms with Crippen molar-refractivity contribution in [3.05, 3.63) is 64.7 Å². The molecule has 0 radical (unpaired) electrons. The minimum absolute atomic E-state index is 0.0944. The standard InChI is InChI=1S/C20H21ClN4O/c21-18-6-2-17(3-7-18)15-24-10-1-11-25(13-12-24)20(26)23-19-8-4-16(14-22)5-9-19/h2-9H,1,10-13,15H2,(H,23,26). The Kier molecular flexibility index (Phi) is 6.11. The van der Waals surface area contributed by atoms with Crippen LogP contribution in [0.1, 0.15) is 17.5 Å². The highest BCUT2D eigenvalue weighted by molar-refractivity contribution is 6.30. The van der Waals surface area contributed by atoms with Crippen LogP contribution >= 0.6 is 11.6 Å². The summed E-state index contributed by atoms with van der Waals surface area (Å²) in [5, 5.41) is 12.5. The van der Waals surface area contributed by atoms with E-state index >= 15 is 0 Å². The minimum atomic E-state index is -0.0944. The molecule has 26 heavy (non-hydrogen) atoms. The fourth-order valence-electron chi connectivity index (χ4n) is 3.01. The molecule has 0 unspecified atom stereocenters. The maximum Gasteiger partial charge on any atom is 0.321 e. The van der Waals surface area contributed by atoms with Crippen molar-refractivity contribution in [2.75, 3.05) is 31.5 Å². The first-order chi connectivity index (χ1) is 12.6. The molecule has 1 aliphatic heterocycles. The summed E-state index contributed by atoms with van der Waals surface area (Å²) in [4.78, 5) is 16.7. The second kappa shape index (κ2) is 8.70. The van der Waals surface area contributed by atoms with Crippen molar-refractivity contribution < 1.29 is 4.79 Å². The molecule has 6 heteroatoms. The first-order valence-electron chi connectivity index (χ1n) is 8.67. The molecule has 1 heterocycles. The predicted molar refractivity (Wildman–Crippen MR) is 103 cm³/mol. The summed E-state index contributed by atoms with van der Waals surface area (Å²) in [5.41, 5.74) is 2.51. The molecular formula is C20H21ClN4O. The van der Waals surface area contributed by atoms with Gasteiger partial charge in [0, 0.05) is 43.4 Å². The van der Waals surface area contributed by atoms with Gasteiger partial charge in [-0.3, -0.25) is 4.90 Å². The van der Waals surface area contributed by atoms with Crippen LogP contribution < -0.4 is 5.32 Å². The summed E-state index contributed by atoms with van der Waals surface area (Å²) in [7, 11) is 0. The SMILES string of the molecule is N#Cc1ccc(NC(=O)N2CCCN(Cc3ccc(Cl)cc3)CC2)cc1. The van der Waals surface area contributed by atoms with Crippen molar-refractivity contribution >= 4 is 23.3 Å². The summed E-state index contributed by atoms with van der Waals surface area (Å²) >= 11 is 5.94. The lowest BCUT2D eigenvalue weighted by Crippen LogP contribution is -2.38. The number of rotatable bonds is 3. The zero-order valence-electron chi connectivity index (χ0n) is 14.5. The number of anilines is 1. The Balaban J connectivity index is 1.53. The largest absolute Gasteiger partial charge is 0.323 e. The fourth-order valence-corrected chi connectivity index (χ4v) is 3.14. The summed E-state index contributed by atoms with van der Waals surface area (Å²) in [6, 6.07) is 16.8. The van der Waals surface area contributed by atoms with Crippen LogP contribution in [-0.4, -0.2) is 42.0 Å². The van der Waals surface area contributed by atoms with E-state index < -0.39 is 0 Å². The molecule has 3 rings (SSSR count). The lowest BCUT2D eigenvalue weighted by Gasteiger charge is -2.22. The Morgan fingerprint density at radius 2 is 1.77 bits per heavy atom. The molecular weight excluding hydrogens is 348 g/mol. The molecule has 0 bridgehead atoms. The number of nitrogens with zero attached hydrogens (tertiary/aromatic N) is 3. The van der Waals surface area contributed by atoms with Gasteiger partial charge in [0.1, 0.15) is 0 Å². The summed E-state index contributed by atoms with van der Waals surface area (Å²) in [6.45, 7) is 4.09. The van der Waals surface area contributed by atoms with Crippen LogP contribution in [0.25, 0.3) is 0 Å². The number of urea groups is 1. The van der Waals surface area contributed by atoms with Crippen LogP contribution in [0.15, 0.2) is 48.5 Å². The van der Waals surface area contributed by atoms with E-state index in [0.29, 0.717) is 17.8 Å². The van der Waals surface area contributed by atoms with Gasteiger partial charge in [0.25, 0.3) is 0 Å². The third-order valence-electron chi connectivity index (χ3n) is 4.46. The van der Waals surface area contributed by atoms with Crippen molar-refractivity contribution in [1.29, 1.82) is 5.26 Å². The Morgan fingerprint density at radius 3 is 2.46 bits per heavy atom. The predicted octanol–water partition coefficient (Wildman–Crippen LogP) is 3.95. The molecule has 1 aliphatic rings. The Hall–Kier alpha value is -2.55. The molecule has 0 aliphatic carbocycles. The number of nitrogens with one attached hydrogen (secondary N) is 1. The highest BCUT2D eigenvalue weighted by Crippen LogP contribution is 2.14. The summed E-state index contributed by atoms with van der Waals surface area (Å²) < 4.78 is 0. The van der Waals surface area contributed by atoms with E-state index in [9.17, 15) is 4.79 Å². The van der Waals surface area contributed by atoms with Crippen LogP contribution in [0.3, 0.4) is 0 Å². The molecule has 1 fully saturated rings. The molecule has 5 nitrogen and oxygen atoms in total. The van der Waals surface area contributed by atoms with Gasteiger partial charge >= 0.3 is 6.03 Å². The molecule has 1 N–H and O–H groups in total. The van der Waals surface area contributed by atoms with Gasteiger partial charge in [-0.15, -0.1) is 0 Å². The molecule has 0 aromatic heterocycles. The first-order valence-corrected chi connectivity index (χ1v) is 9.05. The number of amides is 2. The highest BCUT2D eigenvalue weighted by Gasteiger charge is 2.19. The first kappa shape index (κ1) is 18.2. The average Bonchev–Trinajstić information content (AvgIpc) is 2.90. The average molecular weight is 369 g/mol. The molecule has 134 valence electrons. The zero-order chi connectivity index (χ0) is 18.4. The highest BCUT2D eigenvalue weighted by atomic mass is 35.5. The third-order valence-corrected chi connectivity index (χ3v) is 4.71. The Morgan fingerprint density at radius 1 is 1.04 bits per heavy atom. The van der Waals surface area contributed by atoms with Crippen LogP contribution in [0, 0.1) is 11.3 Å². The lowest BCUT2D eigenvalue weighted by molar-refractivity contribution is 0.211. The van der Waals surface area contributed by atoms with Crippen molar-refractivity contribution in [2.45, 2.75) is 13.0 Å². The summed E-state index contributed by atoms with van der Waals surface area (Å²) in [6.07, 6.45) is 0.939. The monoisotopic (exact) mass is 368 g/mol. The van der Waals surface area contributed by atoms with Gasteiger partial charge in [-0.2, -0.15) is 5.26 Å². The van der Waals surface area contributed by atoms with Crippen molar-refractivity contribution in [3.8, 4) is 6.07 Å². The topological polar surface area (TPSA) is 59.4 Å². The van der Waals surface area contributed by atoms with Crippen molar-refractivity contribution in [1.82, 2.24) is 9.80 Å². The minimum Gasteiger partial charge on any atom is -0.323 e. The van der Waals surface area contributed by atoms with Crippen LogP contribution in [0.4, 0.5) is 10.5 Å². The smallest absolute Gasteiger partial charge is 0.321 e. The van der Waals surface area contributed by atoms with Gasteiger partial charge in [-0.25, -0.2) is 4.79 Å². The number of benzene rings is 2. The van der Waals surface area contributed by atoms with Gasteiger partial charge in [0.15, 0.2) is 0 Å². The Labute approximate surface area is 158 Å². The van der Waals surface area contributed by atoms with E-state index in [1.54, 1.807) is 24.3 Å². The van der Waals surface area contributed by atoms with Gasteiger partial charge in [0.2, 0.25) is 0 Å². The molecule has 2 aromatic rings. The maximum absolute atomic E-state index is 12.5. The number of hydrogen-bond acceptors (Lipinski definition) is 3. The molecule has 0 saturated carbocycles. The molecule has 2 amide bonds. The van der Waals surface area contributed by atoms with Gasteiger partial charge in [0.05, 0.1) is 11.6 Å². The van der Waals surface area contributed by atoms with Crippen molar-refractivity contribution in [2.24, 2.45) is 0 Å². The Bertz CT molecular complexity index is 783. The summed E-state index contributed by atoms with van der Waals surface area (Å²) in [5.74, 6) is 0. The van der Waals surface area contributed by atoms with Crippen LogP contribution in [0.2, 0.25) is 5.02 Å². The quantitative estimate of drug-likeness (QED) is 0.892. The maximum atomic E-state index is 12.5. The van der Waals surface area contributed by atoms with Crippen molar-refractivity contribution in [3.63, 3.8) is 0 Å². The third kappa shape index (κ3) is 4.98. The van der Waals surface area contributed by atoms with Gasteiger partial charge in [-0.05, 0) is 48.4 Å². The zero-order valence-corrected chi connectivity index (χ0v) is 15.2. The fraction of sp³-hybridized carbons (Fsp3) is 0.300.